The van der Waals surface area contributed by atoms with Crippen LogP contribution < -0.4 is 15.4 Å². The van der Waals surface area contributed by atoms with E-state index in [2.05, 4.69) is 20.3 Å². The average molecular weight is 344 g/mol. The lowest BCUT2D eigenvalue weighted by Crippen LogP contribution is -2.38. The van der Waals surface area contributed by atoms with Gasteiger partial charge in [-0.15, -0.1) is 0 Å². The summed E-state index contributed by atoms with van der Waals surface area (Å²) in [7, 11) is -3.78. The first-order valence-corrected chi connectivity index (χ1v) is 8.76. The summed E-state index contributed by atoms with van der Waals surface area (Å²) in [6.07, 6.45) is 0.690. The fraction of sp³-hybridized carbons (Fsp3) is 0.571. The van der Waals surface area contributed by atoms with E-state index in [0.29, 0.717) is 25.3 Å². The zero-order chi connectivity index (χ0) is 17.5. The molecule has 0 saturated carbocycles. The number of anilines is 1. The largest absolute Gasteiger partial charge is 0.389 e. The van der Waals surface area contributed by atoms with E-state index in [9.17, 15) is 18.3 Å². The maximum atomic E-state index is 12.1. The molecule has 1 aromatic rings. The highest BCUT2D eigenvalue weighted by molar-refractivity contribution is 7.89. The van der Waals surface area contributed by atoms with E-state index in [-0.39, 0.29) is 17.5 Å². The highest BCUT2D eigenvalue weighted by Gasteiger charge is 2.20. The van der Waals surface area contributed by atoms with E-state index in [1.54, 1.807) is 12.1 Å². The van der Waals surface area contributed by atoms with Gasteiger partial charge >= 0.3 is 0 Å². The molecule has 0 unspecified atom stereocenters. The first kappa shape index (κ1) is 19.3. The van der Waals surface area contributed by atoms with Crippen LogP contribution in [0.25, 0.3) is 0 Å². The molecular weight excluding hydrogens is 320 g/mol. The van der Waals surface area contributed by atoms with Gasteiger partial charge in [-0.25, -0.2) is 18.1 Å². The number of carbonyl (C=O) groups is 1. The molecule has 1 amide bonds. The number of aliphatic hydroxyl groups is 1. The number of pyridine rings is 1. The Bertz CT molecular complexity index is 626. The molecular formula is C14H24N4O4S. The second-order valence-electron chi connectivity index (χ2n) is 5.76. The van der Waals surface area contributed by atoms with Crippen molar-refractivity contribution in [2.24, 2.45) is 0 Å². The van der Waals surface area contributed by atoms with Gasteiger partial charge in [0.05, 0.1) is 5.60 Å². The minimum Gasteiger partial charge on any atom is -0.389 e. The molecule has 0 atom stereocenters. The van der Waals surface area contributed by atoms with Crippen LogP contribution in [0.3, 0.4) is 0 Å². The number of sulfonamides is 1. The van der Waals surface area contributed by atoms with Gasteiger partial charge in [0.1, 0.15) is 5.82 Å². The van der Waals surface area contributed by atoms with Crippen LogP contribution in [0.2, 0.25) is 0 Å². The molecule has 0 bridgehead atoms. The summed E-state index contributed by atoms with van der Waals surface area (Å²) in [6, 6.07) is 4.63. The molecule has 23 heavy (non-hydrogen) atoms. The molecule has 0 aliphatic rings. The zero-order valence-corrected chi connectivity index (χ0v) is 14.4. The zero-order valence-electron chi connectivity index (χ0n) is 13.6. The van der Waals surface area contributed by atoms with Gasteiger partial charge in [-0.05, 0) is 32.4 Å². The lowest BCUT2D eigenvalue weighted by atomic mass is 10.1. The van der Waals surface area contributed by atoms with Crippen molar-refractivity contribution in [2.45, 2.75) is 37.8 Å². The smallest absolute Gasteiger partial charge is 0.258 e. The SMILES string of the molecule is CC(=O)NCCCNc1cccc(S(=O)(=O)NCC(C)(C)O)n1. The fourth-order valence-electron chi connectivity index (χ4n) is 1.58. The number of hydrogen-bond donors (Lipinski definition) is 4. The summed E-state index contributed by atoms with van der Waals surface area (Å²) >= 11 is 0. The Morgan fingerprint density at radius 2 is 2.00 bits per heavy atom. The first-order valence-electron chi connectivity index (χ1n) is 7.27. The molecule has 8 nitrogen and oxygen atoms in total. The van der Waals surface area contributed by atoms with Crippen molar-refractivity contribution in [3.05, 3.63) is 18.2 Å². The van der Waals surface area contributed by atoms with Crippen molar-refractivity contribution in [1.82, 2.24) is 15.0 Å². The van der Waals surface area contributed by atoms with E-state index in [1.165, 1.54) is 26.8 Å². The monoisotopic (exact) mass is 344 g/mol. The molecule has 4 N–H and O–H groups in total. The van der Waals surface area contributed by atoms with Gasteiger partial charge in [0, 0.05) is 26.6 Å². The molecule has 0 fully saturated rings. The highest BCUT2D eigenvalue weighted by Crippen LogP contribution is 2.11. The minimum absolute atomic E-state index is 0.0888. The van der Waals surface area contributed by atoms with Gasteiger partial charge < -0.3 is 15.7 Å². The van der Waals surface area contributed by atoms with E-state index in [1.807, 2.05) is 0 Å². The highest BCUT2D eigenvalue weighted by atomic mass is 32.2. The fourth-order valence-corrected chi connectivity index (χ4v) is 2.75. The molecule has 0 saturated heterocycles. The molecule has 0 aromatic carbocycles. The predicted molar refractivity (Wildman–Crippen MR) is 87.5 cm³/mol. The van der Waals surface area contributed by atoms with Crippen LogP contribution in [0, 0.1) is 0 Å². The number of rotatable bonds is 9. The lowest BCUT2D eigenvalue weighted by Gasteiger charge is -2.17. The molecule has 1 rings (SSSR count). The number of nitrogens with zero attached hydrogens (tertiary/aromatic N) is 1. The molecule has 9 heteroatoms. The van der Waals surface area contributed by atoms with Crippen molar-refractivity contribution in [3.63, 3.8) is 0 Å². The van der Waals surface area contributed by atoms with E-state index < -0.39 is 15.6 Å². The van der Waals surface area contributed by atoms with Crippen molar-refractivity contribution >= 4 is 21.7 Å². The van der Waals surface area contributed by atoms with Crippen LogP contribution in [-0.2, 0) is 14.8 Å². The van der Waals surface area contributed by atoms with Gasteiger partial charge in [0.15, 0.2) is 5.03 Å². The van der Waals surface area contributed by atoms with Crippen LogP contribution in [0.5, 0.6) is 0 Å². The predicted octanol–water partition coefficient (Wildman–Crippen LogP) is 0.0689. The summed E-state index contributed by atoms with van der Waals surface area (Å²) in [4.78, 5) is 14.8. The summed E-state index contributed by atoms with van der Waals surface area (Å²) < 4.78 is 26.6. The normalized spacial score (nSPS) is 12.0. The number of hydrogen-bond acceptors (Lipinski definition) is 6. The Morgan fingerprint density at radius 1 is 1.30 bits per heavy atom. The van der Waals surface area contributed by atoms with Gasteiger partial charge in [0.25, 0.3) is 10.0 Å². The Labute approximate surface area is 136 Å². The number of nitrogens with one attached hydrogen (secondary N) is 3. The summed E-state index contributed by atoms with van der Waals surface area (Å²) in [5.41, 5.74) is -1.15. The summed E-state index contributed by atoms with van der Waals surface area (Å²) in [5, 5.41) is 15.2. The third-order valence-corrected chi connectivity index (χ3v) is 4.03. The van der Waals surface area contributed by atoms with Crippen molar-refractivity contribution in [3.8, 4) is 0 Å². The second kappa shape index (κ2) is 8.23. The molecule has 0 aliphatic heterocycles. The summed E-state index contributed by atoms with van der Waals surface area (Å²) in [5.74, 6) is 0.341. The quantitative estimate of drug-likeness (QED) is 0.471. The van der Waals surface area contributed by atoms with Crippen LogP contribution in [0.1, 0.15) is 27.2 Å². The number of aromatic nitrogens is 1. The summed E-state index contributed by atoms with van der Waals surface area (Å²) in [6.45, 7) is 5.45. The Kier molecular flexibility index (Phi) is 6.92. The second-order valence-corrected chi connectivity index (χ2v) is 7.48. The van der Waals surface area contributed by atoms with Crippen molar-refractivity contribution < 1.29 is 18.3 Å². The molecule has 130 valence electrons. The molecule has 0 spiro atoms. The number of amides is 1. The van der Waals surface area contributed by atoms with Crippen LogP contribution in [0.4, 0.5) is 5.82 Å². The molecule has 1 heterocycles. The maximum Gasteiger partial charge on any atom is 0.258 e. The van der Waals surface area contributed by atoms with Gasteiger partial charge in [0.2, 0.25) is 5.91 Å². The van der Waals surface area contributed by atoms with Gasteiger partial charge in [-0.2, -0.15) is 0 Å². The van der Waals surface area contributed by atoms with E-state index >= 15 is 0 Å². The van der Waals surface area contributed by atoms with Gasteiger partial charge in [-0.1, -0.05) is 6.07 Å². The van der Waals surface area contributed by atoms with Crippen molar-refractivity contribution in [1.29, 1.82) is 0 Å². The lowest BCUT2D eigenvalue weighted by molar-refractivity contribution is -0.118. The maximum absolute atomic E-state index is 12.1. The molecule has 0 radical (unpaired) electrons. The van der Waals surface area contributed by atoms with E-state index in [0.717, 1.165) is 0 Å². The average Bonchev–Trinajstić information content (AvgIpc) is 2.44. The Hall–Kier alpha value is -1.71. The molecule has 0 aliphatic carbocycles. The third-order valence-electron chi connectivity index (χ3n) is 2.73. The Morgan fingerprint density at radius 3 is 2.61 bits per heavy atom. The van der Waals surface area contributed by atoms with Crippen LogP contribution in [-0.4, -0.2) is 49.7 Å². The Balaban J connectivity index is 2.60. The van der Waals surface area contributed by atoms with Gasteiger partial charge in [-0.3, -0.25) is 4.79 Å². The van der Waals surface area contributed by atoms with Crippen LogP contribution >= 0.6 is 0 Å². The number of carbonyl (C=O) groups excluding carboxylic acids is 1. The van der Waals surface area contributed by atoms with E-state index in [4.69, 9.17) is 0 Å². The standard InChI is InChI=1S/C14H24N4O4S/c1-11(19)15-8-5-9-16-12-6-4-7-13(18-12)23(21,22)17-10-14(2,3)20/h4,6-7,17,20H,5,8-10H2,1-3H3,(H,15,19)(H,16,18). The first-order chi connectivity index (χ1) is 10.6. The molecule has 1 aromatic heterocycles. The topological polar surface area (TPSA) is 120 Å². The third kappa shape index (κ3) is 7.91. The minimum atomic E-state index is -3.78. The van der Waals surface area contributed by atoms with Crippen LogP contribution in [0.15, 0.2) is 23.2 Å². The van der Waals surface area contributed by atoms with Crippen molar-refractivity contribution in [2.75, 3.05) is 25.0 Å².